The van der Waals surface area contributed by atoms with Gasteiger partial charge < -0.3 is 9.47 Å². The molecule has 0 aromatic carbocycles. The first-order valence-corrected chi connectivity index (χ1v) is 12.4. The first-order chi connectivity index (χ1) is 15.3. The minimum atomic E-state index is -6.39. The Labute approximate surface area is 192 Å². The number of carbonyl (C=O) groups excluding carboxylic acids is 2. The van der Waals surface area contributed by atoms with E-state index in [1.54, 1.807) is 13.8 Å². The van der Waals surface area contributed by atoms with Crippen LogP contribution in [0, 0.1) is 23.2 Å². The van der Waals surface area contributed by atoms with Crippen LogP contribution >= 0.6 is 0 Å². The molecule has 4 fully saturated rings. The summed E-state index contributed by atoms with van der Waals surface area (Å²) in [6.45, 7) is 3.36. The molecule has 0 amide bonds. The number of ether oxygens (including phenoxy) is 2. The molecule has 0 aliphatic heterocycles. The van der Waals surface area contributed by atoms with Gasteiger partial charge in [0.05, 0.1) is 11.3 Å². The summed E-state index contributed by atoms with van der Waals surface area (Å²) in [5.74, 6) is -6.41. The molecular weight excluding hydrogens is 498 g/mol. The standard InChI is InChI=1S/C20H26F6O7S/c1-3-11(2)14(27)32-17-7-12-4-13(8-17)6-16(5-12,9-17)15(28)33-18(19(21,22)23,20(24,25)26)10-34(29,30)31/h11-13H,3-10H2,1-2H3,(H,29,30,31). The highest BCUT2D eigenvalue weighted by Gasteiger charge is 2.77. The molecule has 0 heterocycles. The molecule has 0 saturated heterocycles. The van der Waals surface area contributed by atoms with Gasteiger partial charge in [-0.3, -0.25) is 14.1 Å². The summed E-state index contributed by atoms with van der Waals surface area (Å²) in [4.78, 5) is 25.5. The minimum absolute atomic E-state index is 0.0668. The van der Waals surface area contributed by atoms with Gasteiger partial charge in [0.2, 0.25) is 0 Å². The second-order valence-corrected chi connectivity index (χ2v) is 11.5. The van der Waals surface area contributed by atoms with E-state index in [4.69, 9.17) is 9.29 Å². The van der Waals surface area contributed by atoms with E-state index >= 15 is 0 Å². The van der Waals surface area contributed by atoms with E-state index in [0.29, 0.717) is 25.7 Å². The number of hydrogen-bond acceptors (Lipinski definition) is 6. The number of halogens is 6. The molecule has 34 heavy (non-hydrogen) atoms. The Balaban J connectivity index is 1.98. The van der Waals surface area contributed by atoms with Crippen molar-refractivity contribution in [1.29, 1.82) is 0 Å². The topological polar surface area (TPSA) is 107 Å². The van der Waals surface area contributed by atoms with Crippen LogP contribution < -0.4 is 0 Å². The van der Waals surface area contributed by atoms with Crippen molar-refractivity contribution in [2.24, 2.45) is 23.2 Å². The molecule has 0 radical (unpaired) electrons. The molecule has 0 aromatic heterocycles. The smallest absolute Gasteiger partial charge is 0.438 e. The first kappa shape index (κ1) is 27.0. The van der Waals surface area contributed by atoms with Gasteiger partial charge in [-0.05, 0) is 50.4 Å². The molecule has 0 aromatic rings. The number of esters is 2. The van der Waals surface area contributed by atoms with E-state index in [2.05, 4.69) is 4.74 Å². The molecule has 3 atom stereocenters. The van der Waals surface area contributed by atoms with Gasteiger partial charge in [-0.1, -0.05) is 13.8 Å². The third-order valence-corrected chi connectivity index (χ3v) is 8.11. The molecule has 7 nitrogen and oxygen atoms in total. The van der Waals surface area contributed by atoms with Crippen LogP contribution in [0.4, 0.5) is 26.3 Å². The van der Waals surface area contributed by atoms with Crippen molar-refractivity contribution in [3.63, 3.8) is 0 Å². The quantitative estimate of drug-likeness (QED) is 0.302. The zero-order valence-electron chi connectivity index (χ0n) is 18.5. The summed E-state index contributed by atoms with van der Waals surface area (Å²) >= 11 is 0. The lowest BCUT2D eigenvalue weighted by molar-refractivity contribution is -0.364. The fourth-order valence-electron chi connectivity index (χ4n) is 6.01. The third kappa shape index (κ3) is 4.76. The van der Waals surface area contributed by atoms with Crippen molar-refractivity contribution in [2.75, 3.05) is 5.75 Å². The maximum Gasteiger partial charge on any atom is 0.438 e. The Morgan fingerprint density at radius 2 is 1.53 bits per heavy atom. The number of carbonyl (C=O) groups is 2. The molecule has 3 unspecified atom stereocenters. The maximum atomic E-state index is 13.7. The number of hydrogen-bond donors (Lipinski definition) is 1. The predicted octanol–water partition coefficient (Wildman–Crippen LogP) is 4.21. The zero-order valence-corrected chi connectivity index (χ0v) is 19.3. The largest absolute Gasteiger partial charge is 0.459 e. The van der Waals surface area contributed by atoms with Crippen molar-refractivity contribution in [3.8, 4) is 0 Å². The molecular formula is C20H26F6O7S. The molecule has 1 N–H and O–H groups in total. The van der Waals surface area contributed by atoms with Crippen LogP contribution in [0.5, 0.6) is 0 Å². The van der Waals surface area contributed by atoms with Gasteiger partial charge in [0.1, 0.15) is 11.4 Å². The van der Waals surface area contributed by atoms with Crippen LogP contribution in [0.2, 0.25) is 0 Å². The van der Waals surface area contributed by atoms with Crippen LogP contribution in [0.15, 0.2) is 0 Å². The van der Waals surface area contributed by atoms with Gasteiger partial charge in [-0.2, -0.15) is 34.8 Å². The van der Waals surface area contributed by atoms with Gasteiger partial charge in [0.25, 0.3) is 10.1 Å². The average molecular weight is 524 g/mol. The molecule has 4 saturated carbocycles. The van der Waals surface area contributed by atoms with E-state index in [1.807, 2.05) is 0 Å². The molecule has 4 rings (SSSR count). The van der Waals surface area contributed by atoms with Crippen LogP contribution in [0.3, 0.4) is 0 Å². The molecule has 4 bridgehead atoms. The summed E-state index contributed by atoms with van der Waals surface area (Å²) in [6, 6.07) is 0. The van der Waals surface area contributed by atoms with Gasteiger partial charge in [0, 0.05) is 6.42 Å². The molecule has 14 heteroatoms. The highest BCUT2D eigenvalue weighted by atomic mass is 32.2. The van der Waals surface area contributed by atoms with Gasteiger partial charge in [-0.25, -0.2) is 0 Å². The van der Waals surface area contributed by atoms with Crippen molar-refractivity contribution in [1.82, 2.24) is 0 Å². The predicted molar refractivity (Wildman–Crippen MR) is 103 cm³/mol. The molecule has 4 aliphatic rings. The third-order valence-electron chi connectivity index (χ3n) is 7.34. The van der Waals surface area contributed by atoms with Gasteiger partial charge in [-0.15, -0.1) is 0 Å². The first-order valence-electron chi connectivity index (χ1n) is 10.8. The minimum Gasteiger partial charge on any atom is -0.459 e. The Bertz CT molecular complexity index is 914. The second-order valence-electron chi connectivity index (χ2n) is 10.1. The number of alkyl halides is 6. The Morgan fingerprint density at radius 3 is 1.94 bits per heavy atom. The summed E-state index contributed by atoms with van der Waals surface area (Å²) in [7, 11) is -5.88. The van der Waals surface area contributed by atoms with Crippen LogP contribution in [-0.4, -0.2) is 54.2 Å². The van der Waals surface area contributed by atoms with E-state index < -0.39 is 62.7 Å². The lowest BCUT2D eigenvalue weighted by Crippen LogP contribution is -2.66. The van der Waals surface area contributed by atoms with Gasteiger partial charge in [0.15, 0.2) is 0 Å². The molecule has 0 spiro atoms. The van der Waals surface area contributed by atoms with E-state index in [0.717, 1.165) is 0 Å². The highest BCUT2D eigenvalue weighted by molar-refractivity contribution is 7.85. The maximum absolute atomic E-state index is 13.7. The van der Waals surface area contributed by atoms with Crippen LogP contribution in [0.25, 0.3) is 0 Å². The highest BCUT2D eigenvalue weighted by Crippen LogP contribution is 2.64. The van der Waals surface area contributed by atoms with Crippen LogP contribution in [0.1, 0.15) is 58.8 Å². The number of rotatable bonds is 7. The fourth-order valence-corrected chi connectivity index (χ4v) is 6.91. The lowest BCUT2D eigenvalue weighted by atomic mass is 9.48. The zero-order chi connectivity index (χ0) is 26.0. The Kier molecular flexibility index (Phi) is 6.55. The monoisotopic (exact) mass is 524 g/mol. The Morgan fingerprint density at radius 1 is 1.03 bits per heavy atom. The second kappa shape index (κ2) is 8.24. The summed E-state index contributed by atoms with van der Waals surface area (Å²) in [5, 5.41) is 0. The van der Waals surface area contributed by atoms with E-state index in [1.165, 1.54) is 0 Å². The molecule has 4 aliphatic carbocycles. The summed E-state index contributed by atoms with van der Waals surface area (Å²) in [6.07, 6.45) is -11.5. The van der Waals surface area contributed by atoms with Gasteiger partial charge >= 0.3 is 29.9 Å². The SMILES string of the molecule is CCC(C)C(=O)OC12CC3CC(C1)CC(C(=O)OC(CS(=O)(=O)O)(C(F)(F)F)C(F)(F)F)(C3)C2. The van der Waals surface area contributed by atoms with Crippen molar-refractivity contribution < 1.29 is 58.4 Å². The van der Waals surface area contributed by atoms with Crippen LogP contribution in [-0.2, 0) is 29.2 Å². The van der Waals surface area contributed by atoms with Crippen molar-refractivity contribution in [2.45, 2.75) is 82.3 Å². The molecule has 196 valence electrons. The normalized spacial score (nSPS) is 32.4. The summed E-state index contributed by atoms with van der Waals surface area (Å²) < 4.78 is 123. The average Bonchev–Trinajstić information content (AvgIpc) is 2.62. The van der Waals surface area contributed by atoms with Crippen molar-refractivity contribution in [3.05, 3.63) is 0 Å². The fraction of sp³-hybridized carbons (Fsp3) is 0.900. The lowest BCUT2D eigenvalue weighted by Gasteiger charge is -2.60. The van der Waals surface area contributed by atoms with E-state index in [9.17, 15) is 44.3 Å². The van der Waals surface area contributed by atoms with E-state index in [-0.39, 0.29) is 31.1 Å². The Hall–Kier alpha value is -1.57. The summed E-state index contributed by atoms with van der Waals surface area (Å²) in [5.41, 5.74) is -8.47. The van der Waals surface area contributed by atoms with Crippen molar-refractivity contribution >= 4 is 22.1 Å².